The van der Waals surface area contributed by atoms with Crippen LogP contribution in [-0.2, 0) is 6.54 Å². The van der Waals surface area contributed by atoms with Gasteiger partial charge in [0.2, 0.25) is 5.82 Å². The lowest BCUT2D eigenvalue weighted by molar-refractivity contribution is -0.387. The van der Waals surface area contributed by atoms with Crippen LogP contribution in [0, 0.1) is 15.9 Å². The quantitative estimate of drug-likeness (QED) is 0.645. The molecule has 1 aromatic carbocycles. The number of nitro benzene ring substituents is 1. The van der Waals surface area contributed by atoms with Crippen molar-refractivity contribution in [2.24, 2.45) is 0 Å². The minimum atomic E-state index is -0.840. The highest BCUT2D eigenvalue weighted by Gasteiger charge is 2.23. The third-order valence-corrected chi connectivity index (χ3v) is 3.05. The highest BCUT2D eigenvalue weighted by molar-refractivity contribution is 5.35. The Morgan fingerprint density at radius 2 is 2.11 bits per heavy atom. The molecule has 0 saturated heterocycles. The number of likely N-dealkylation sites (N-methyl/N-ethyl adjacent to an activating group) is 1. The van der Waals surface area contributed by atoms with Gasteiger partial charge in [-0.2, -0.15) is 4.39 Å². The van der Waals surface area contributed by atoms with Crippen molar-refractivity contribution >= 4 is 5.69 Å². The zero-order valence-electron chi connectivity index (χ0n) is 10.7. The summed E-state index contributed by atoms with van der Waals surface area (Å²) in [4.78, 5) is 11.6. The minimum Gasteiger partial charge on any atom is -0.394 e. The molecule has 0 aliphatic carbocycles. The van der Waals surface area contributed by atoms with Gasteiger partial charge in [-0.15, -0.1) is 0 Å². The van der Waals surface area contributed by atoms with Gasteiger partial charge in [0.15, 0.2) is 0 Å². The van der Waals surface area contributed by atoms with E-state index in [9.17, 15) is 19.6 Å². The summed E-state index contributed by atoms with van der Waals surface area (Å²) in [6.45, 7) is 4.09. The molecule has 0 unspecified atom stereocenters. The predicted octanol–water partition coefficient (Wildman–Crippen LogP) is 1.94. The first-order valence-corrected chi connectivity index (χ1v) is 5.53. The maximum Gasteiger partial charge on any atom is 0.304 e. The van der Waals surface area contributed by atoms with Crippen molar-refractivity contribution in [3.63, 3.8) is 0 Å². The largest absolute Gasteiger partial charge is 0.394 e. The Balaban J connectivity index is 2.87. The lowest BCUT2D eigenvalue weighted by Gasteiger charge is -2.33. The van der Waals surface area contributed by atoms with Crippen molar-refractivity contribution in [2.75, 3.05) is 13.7 Å². The van der Waals surface area contributed by atoms with Crippen LogP contribution in [0.15, 0.2) is 18.2 Å². The Morgan fingerprint density at radius 3 is 2.56 bits per heavy atom. The van der Waals surface area contributed by atoms with Crippen LogP contribution in [0.5, 0.6) is 0 Å². The van der Waals surface area contributed by atoms with Crippen LogP contribution in [-0.4, -0.2) is 34.1 Å². The Labute approximate surface area is 105 Å². The van der Waals surface area contributed by atoms with Gasteiger partial charge in [-0.3, -0.25) is 15.0 Å². The molecule has 1 aromatic rings. The summed E-state index contributed by atoms with van der Waals surface area (Å²) in [6, 6.07) is 3.83. The molecule has 0 saturated carbocycles. The van der Waals surface area contributed by atoms with Crippen LogP contribution in [0.3, 0.4) is 0 Å². The third kappa shape index (κ3) is 3.24. The van der Waals surface area contributed by atoms with E-state index in [4.69, 9.17) is 0 Å². The monoisotopic (exact) mass is 256 g/mol. The van der Waals surface area contributed by atoms with Crippen LogP contribution < -0.4 is 0 Å². The number of hydrogen-bond acceptors (Lipinski definition) is 4. The zero-order chi connectivity index (χ0) is 13.9. The topological polar surface area (TPSA) is 66.6 Å². The minimum absolute atomic E-state index is 0.0288. The second-order valence-corrected chi connectivity index (χ2v) is 4.87. The summed E-state index contributed by atoms with van der Waals surface area (Å²) in [6.07, 6.45) is 0. The van der Waals surface area contributed by atoms with Gasteiger partial charge in [0.25, 0.3) is 0 Å². The zero-order valence-corrected chi connectivity index (χ0v) is 10.7. The molecule has 0 heterocycles. The van der Waals surface area contributed by atoms with Gasteiger partial charge in [-0.05, 0) is 32.5 Å². The maximum absolute atomic E-state index is 13.4. The molecule has 0 radical (unpaired) electrons. The smallest absolute Gasteiger partial charge is 0.304 e. The summed E-state index contributed by atoms with van der Waals surface area (Å²) >= 11 is 0. The molecule has 0 aliphatic rings. The molecule has 0 fully saturated rings. The van der Waals surface area contributed by atoms with Gasteiger partial charge in [0.05, 0.1) is 11.5 Å². The van der Waals surface area contributed by atoms with E-state index < -0.39 is 22.0 Å². The Morgan fingerprint density at radius 1 is 1.50 bits per heavy atom. The van der Waals surface area contributed by atoms with Crippen LogP contribution in [0.4, 0.5) is 10.1 Å². The number of nitrogens with zero attached hydrogens (tertiary/aromatic N) is 2. The van der Waals surface area contributed by atoms with Crippen molar-refractivity contribution in [2.45, 2.75) is 25.9 Å². The molecule has 0 amide bonds. The number of nitro groups is 1. The first kappa shape index (κ1) is 14.5. The van der Waals surface area contributed by atoms with E-state index in [-0.39, 0.29) is 6.61 Å². The molecule has 100 valence electrons. The fraction of sp³-hybridized carbons (Fsp3) is 0.500. The van der Waals surface area contributed by atoms with Crippen molar-refractivity contribution in [1.82, 2.24) is 4.90 Å². The van der Waals surface area contributed by atoms with Gasteiger partial charge in [-0.25, -0.2) is 0 Å². The molecule has 1 rings (SSSR count). The van der Waals surface area contributed by atoms with E-state index >= 15 is 0 Å². The van der Waals surface area contributed by atoms with E-state index in [1.807, 2.05) is 18.7 Å². The maximum atomic E-state index is 13.4. The number of aliphatic hydroxyl groups is 1. The van der Waals surface area contributed by atoms with Gasteiger partial charge >= 0.3 is 5.69 Å². The molecule has 0 spiro atoms. The SMILES string of the molecule is CN(Cc1ccc([N+](=O)[O-])c(F)c1)C(C)(C)CO. The fourth-order valence-electron chi connectivity index (χ4n) is 1.41. The highest BCUT2D eigenvalue weighted by atomic mass is 19.1. The van der Waals surface area contributed by atoms with E-state index in [0.29, 0.717) is 12.1 Å². The molecule has 0 aromatic heterocycles. The van der Waals surface area contributed by atoms with Crippen LogP contribution in [0.25, 0.3) is 0 Å². The summed E-state index contributed by atoms with van der Waals surface area (Å²) in [5.74, 6) is -0.840. The van der Waals surface area contributed by atoms with Gasteiger partial charge in [-0.1, -0.05) is 6.07 Å². The van der Waals surface area contributed by atoms with E-state index in [1.54, 1.807) is 7.05 Å². The van der Waals surface area contributed by atoms with Crippen molar-refractivity contribution < 1.29 is 14.4 Å². The Kier molecular flexibility index (Phi) is 4.37. The molecule has 18 heavy (non-hydrogen) atoms. The summed E-state index contributed by atoms with van der Waals surface area (Å²) in [5.41, 5.74) is -0.330. The van der Waals surface area contributed by atoms with Crippen LogP contribution in [0.2, 0.25) is 0 Å². The molecule has 6 heteroatoms. The second kappa shape index (κ2) is 5.41. The predicted molar refractivity (Wildman–Crippen MR) is 65.7 cm³/mol. The summed E-state index contributed by atoms with van der Waals surface area (Å²) in [7, 11) is 1.80. The van der Waals surface area contributed by atoms with Crippen LogP contribution in [0.1, 0.15) is 19.4 Å². The average molecular weight is 256 g/mol. The number of hydrogen-bond donors (Lipinski definition) is 1. The lowest BCUT2D eigenvalue weighted by Crippen LogP contribution is -2.43. The van der Waals surface area contributed by atoms with E-state index in [1.165, 1.54) is 6.07 Å². The molecule has 1 N–H and O–H groups in total. The second-order valence-electron chi connectivity index (χ2n) is 4.87. The molecule has 0 atom stereocenters. The average Bonchev–Trinajstić information content (AvgIpc) is 2.28. The van der Waals surface area contributed by atoms with Crippen LogP contribution >= 0.6 is 0 Å². The number of rotatable bonds is 5. The first-order valence-electron chi connectivity index (χ1n) is 5.53. The number of aliphatic hydroxyl groups excluding tert-OH is 1. The van der Waals surface area contributed by atoms with Crippen molar-refractivity contribution in [3.8, 4) is 0 Å². The number of halogens is 1. The molecular weight excluding hydrogens is 239 g/mol. The third-order valence-electron chi connectivity index (χ3n) is 3.05. The van der Waals surface area contributed by atoms with E-state index in [0.717, 1.165) is 12.1 Å². The fourth-order valence-corrected chi connectivity index (χ4v) is 1.41. The summed E-state index contributed by atoms with van der Waals surface area (Å²) < 4.78 is 13.4. The summed E-state index contributed by atoms with van der Waals surface area (Å²) in [5, 5.41) is 19.7. The number of benzene rings is 1. The highest BCUT2D eigenvalue weighted by Crippen LogP contribution is 2.21. The molecular formula is C12H17FN2O3. The van der Waals surface area contributed by atoms with Gasteiger partial charge < -0.3 is 5.11 Å². The molecule has 5 nitrogen and oxygen atoms in total. The normalized spacial score (nSPS) is 11.9. The van der Waals surface area contributed by atoms with Gasteiger partial charge in [0, 0.05) is 18.2 Å². The molecule has 0 bridgehead atoms. The first-order chi connectivity index (χ1) is 8.27. The Hall–Kier alpha value is -1.53. The Bertz CT molecular complexity index is 449. The van der Waals surface area contributed by atoms with Crippen molar-refractivity contribution in [3.05, 3.63) is 39.7 Å². The lowest BCUT2D eigenvalue weighted by atomic mass is 10.0. The standard InChI is InChI=1S/C12H17FN2O3/c1-12(2,8-16)14(3)7-9-4-5-11(15(17)18)10(13)6-9/h4-6,16H,7-8H2,1-3H3. The van der Waals surface area contributed by atoms with Crippen molar-refractivity contribution in [1.29, 1.82) is 0 Å². The van der Waals surface area contributed by atoms with E-state index in [2.05, 4.69) is 0 Å². The molecule has 0 aliphatic heterocycles. The van der Waals surface area contributed by atoms with Gasteiger partial charge in [0.1, 0.15) is 0 Å².